The molecule has 0 fully saturated rings. The Bertz CT molecular complexity index is 757. The highest BCUT2D eigenvalue weighted by Gasteiger charge is 2.17. The maximum Gasteiger partial charge on any atom is 0.305 e. The van der Waals surface area contributed by atoms with E-state index in [9.17, 15) is 19.8 Å². The van der Waals surface area contributed by atoms with Crippen LogP contribution in [0.1, 0.15) is 206 Å². The predicted octanol–water partition coefficient (Wildman–Crippen LogP) is 9.82. The lowest BCUT2D eigenvalue weighted by atomic mass is 10.0. The van der Waals surface area contributed by atoms with Crippen LogP contribution in [0.4, 0.5) is 0 Å². The summed E-state index contributed by atoms with van der Waals surface area (Å²) >= 11 is 0. The number of unbranched alkanes of at least 4 members (excludes halogenated alkanes) is 29. The Kier molecular flexibility index (Phi) is 36.2. The van der Waals surface area contributed by atoms with Crippen molar-refractivity contribution >= 4 is 11.9 Å². The first-order valence-corrected chi connectivity index (χ1v) is 21.7. The number of aliphatic carboxylic acids is 1. The number of quaternary nitrogens is 1. The summed E-state index contributed by atoms with van der Waals surface area (Å²) in [7, 11) is 5.88. The van der Waals surface area contributed by atoms with Crippen molar-refractivity contribution in [2.75, 3.05) is 47.5 Å². The molecule has 304 valence electrons. The highest BCUT2D eigenvalue weighted by molar-refractivity contribution is 5.69. The molecule has 0 heterocycles. The van der Waals surface area contributed by atoms with E-state index in [-0.39, 0.29) is 25.8 Å². The van der Waals surface area contributed by atoms with E-state index in [2.05, 4.69) is 6.92 Å². The van der Waals surface area contributed by atoms with Crippen LogP contribution >= 0.6 is 0 Å². The van der Waals surface area contributed by atoms with Gasteiger partial charge in [0.25, 0.3) is 0 Å². The number of aliphatic hydroxyl groups excluding tert-OH is 1. The average Bonchev–Trinajstić information content (AvgIpc) is 3.09. The molecule has 0 aliphatic carbocycles. The highest BCUT2D eigenvalue weighted by atomic mass is 16.7. The fraction of sp³-hybridized carbons (Fsp3) is 0.953. The second-order valence-electron chi connectivity index (χ2n) is 16.2. The van der Waals surface area contributed by atoms with E-state index in [1.165, 1.54) is 173 Å². The molecule has 0 saturated carbocycles. The van der Waals surface area contributed by atoms with Gasteiger partial charge in [-0.05, 0) is 6.42 Å². The molecule has 0 spiro atoms. The molecular formula is C43H85NO7. The third-order valence-electron chi connectivity index (χ3n) is 9.83. The van der Waals surface area contributed by atoms with Crippen molar-refractivity contribution in [3.8, 4) is 0 Å². The molecule has 1 N–H and O–H groups in total. The molecule has 0 aliphatic rings. The molecule has 0 rings (SSSR count). The molecule has 0 aromatic carbocycles. The Morgan fingerprint density at radius 2 is 0.863 bits per heavy atom. The Labute approximate surface area is 315 Å². The van der Waals surface area contributed by atoms with Gasteiger partial charge in [0.2, 0.25) is 0 Å². The van der Waals surface area contributed by atoms with Crippen LogP contribution in [0.15, 0.2) is 0 Å². The summed E-state index contributed by atoms with van der Waals surface area (Å²) in [6.45, 7) is 2.50. The number of carboxylic acids is 1. The van der Waals surface area contributed by atoms with Crippen LogP contribution in [0.2, 0.25) is 0 Å². The molecule has 2 unspecified atom stereocenters. The predicted molar refractivity (Wildman–Crippen MR) is 209 cm³/mol. The summed E-state index contributed by atoms with van der Waals surface area (Å²) in [4.78, 5) is 23.2. The quantitative estimate of drug-likeness (QED) is 0.0289. The van der Waals surface area contributed by atoms with Crippen LogP contribution in [0.25, 0.3) is 0 Å². The zero-order valence-electron chi connectivity index (χ0n) is 34.2. The topological polar surface area (TPSA) is 105 Å². The van der Waals surface area contributed by atoms with Gasteiger partial charge in [0.05, 0.1) is 40.3 Å². The molecule has 0 aliphatic heterocycles. The van der Waals surface area contributed by atoms with Gasteiger partial charge in [0, 0.05) is 6.42 Å². The molecule has 8 heteroatoms. The Balaban J connectivity index is 3.35. The van der Waals surface area contributed by atoms with Crippen molar-refractivity contribution in [3.05, 3.63) is 0 Å². The van der Waals surface area contributed by atoms with Gasteiger partial charge in [0.1, 0.15) is 19.3 Å². The largest absolute Gasteiger partial charge is 0.545 e. The molecule has 8 nitrogen and oxygen atoms in total. The molecule has 0 aromatic heterocycles. The number of likely N-dealkylation sites (N-methyl/N-ethyl adjacent to an activating group) is 1. The van der Waals surface area contributed by atoms with Crippen molar-refractivity contribution in [2.24, 2.45) is 0 Å². The Hall–Kier alpha value is -1.22. The number of esters is 1. The lowest BCUT2D eigenvalue weighted by Crippen LogP contribution is -2.44. The van der Waals surface area contributed by atoms with E-state index in [0.717, 1.165) is 19.3 Å². The van der Waals surface area contributed by atoms with Gasteiger partial charge in [0.15, 0.2) is 6.29 Å². The lowest BCUT2D eigenvalue weighted by Gasteiger charge is -2.26. The SMILES string of the molecule is CCCCCCCCCCCCCCCCCCCCCCCCCCCCCCCCC(=O)OCC(O)COC(OCC[N+](C)(C)C)C(=O)[O-]. The maximum atomic E-state index is 12.0. The number of aliphatic hydroxyl groups is 1. The summed E-state index contributed by atoms with van der Waals surface area (Å²) in [5.74, 6) is -1.86. The molecule has 0 saturated heterocycles. The third kappa shape index (κ3) is 39.8. The minimum absolute atomic E-state index is 0.174. The summed E-state index contributed by atoms with van der Waals surface area (Å²) in [6, 6.07) is 0. The van der Waals surface area contributed by atoms with Crippen molar-refractivity contribution in [2.45, 2.75) is 218 Å². The number of nitrogens with zero attached hydrogens (tertiary/aromatic N) is 1. The fourth-order valence-electron chi connectivity index (χ4n) is 6.42. The van der Waals surface area contributed by atoms with E-state index in [1.54, 1.807) is 0 Å². The van der Waals surface area contributed by atoms with Crippen LogP contribution in [-0.2, 0) is 23.8 Å². The van der Waals surface area contributed by atoms with Crippen LogP contribution in [0.5, 0.6) is 0 Å². The molecule has 51 heavy (non-hydrogen) atoms. The van der Waals surface area contributed by atoms with Crippen molar-refractivity contribution < 1.29 is 38.5 Å². The number of carbonyl (C=O) groups is 2. The number of rotatable bonds is 41. The number of carbonyl (C=O) groups excluding carboxylic acids is 2. The van der Waals surface area contributed by atoms with E-state index in [0.29, 0.717) is 17.4 Å². The van der Waals surface area contributed by atoms with E-state index in [4.69, 9.17) is 14.2 Å². The normalized spacial score (nSPS) is 13.0. The fourth-order valence-corrected chi connectivity index (χ4v) is 6.42. The first kappa shape index (κ1) is 49.8. The van der Waals surface area contributed by atoms with Gasteiger partial charge in [-0.1, -0.05) is 193 Å². The summed E-state index contributed by atoms with van der Waals surface area (Å²) in [5, 5.41) is 21.2. The van der Waals surface area contributed by atoms with Crippen molar-refractivity contribution in [3.63, 3.8) is 0 Å². The molecule has 0 aromatic rings. The number of ether oxygens (including phenoxy) is 3. The minimum Gasteiger partial charge on any atom is -0.545 e. The molecular weight excluding hydrogens is 642 g/mol. The second-order valence-corrected chi connectivity index (χ2v) is 16.2. The minimum atomic E-state index is -1.57. The first-order chi connectivity index (χ1) is 24.7. The number of hydrogen-bond donors (Lipinski definition) is 1. The second kappa shape index (κ2) is 37.1. The van der Waals surface area contributed by atoms with Gasteiger partial charge in [-0.2, -0.15) is 0 Å². The maximum absolute atomic E-state index is 12.0. The van der Waals surface area contributed by atoms with Gasteiger partial charge >= 0.3 is 5.97 Å². The van der Waals surface area contributed by atoms with Crippen LogP contribution in [-0.4, -0.2) is 81.4 Å². The monoisotopic (exact) mass is 728 g/mol. The van der Waals surface area contributed by atoms with Crippen LogP contribution in [0, 0.1) is 0 Å². The number of carboxylic acid groups (broad SMARTS) is 1. The van der Waals surface area contributed by atoms with E-state index < -0.39 is 18.4 Å². The summed E-state index contributed by atoms with van der Waals surface area (Å²) in [5.41, 5.74) is 0. The molecule has 2 atom stereocenters. The summed E-state index contributed by atoms with van der Waals surface area (Å²) < 4.78 is 16.0. The van der Waals surface area contributed by atoms with E-state index >= 15 is 0 Å². The molecule has 0 amide bonds. The van der Waals surface area contributed by atoms with Gasteiger partial charge in [-0.25, -0.2) is 0 Å². The zero-order chi connectivity index (χ0) is 37.7. The standard InChI is InChI=1S/C43H85NO7/c1-5-6-7-8-9-10-11-12-13-14-15-16-17-18-19-20-21-22-23-24-25-26-27-28-29-30-31-32-33-34-35-41(46)50-38-40(45)39-51-43(42(47)48)49-37-36-44(2,3)4/h40,43,45H,5-39H2,1-4H3. The zero-order valence-corrected chi connectivity index (χ0v) is 34.2. The van der Waals surface area contributed by atoms with Gasteiger partial charge in [-0.3, -0.25) is 4.79 Å². The van der Waals surface area contributed by atoms with E-state index in [1.807, 2.05) is 21.1 Å². The first-order valence-electron chi connectivity index (χ1n) is 21.7. The smallest absolute Gasteiger partial charge is 0.305 e. The summed E-state index contributed by atoms with van der Waals surface area (Å²) in [6.07, 6.45) is 38.6. The third-order valence-corrected chi connectivity index (χ3v) is 9.83. The number of hydrogen-bond acceptors (Lipinski definition) is 7. The Morgan fingerprint density at radius 1 is 0.529 bits per heavy atom. The van der Waals surface area contributed by atoms with Crippen LogP contribution in [0.3, 0.4) is 0 Å². The Morgan fingerprint density at radius 3 is 1.18 bits per heavy atom. The van der Waals surface area contributed by atoms with Gasteiger partial charge in [-0.15, -0.1) is 0 Å². The van der Waals surface area contributed by atoms with Crippen molar-refractivity contribution in [1.29, 1.82) is 0 Å². The molecule has 0 radical (unpaired) electrons. The molecule has 0 bridgehead atoms. The highest BCUT2D eigenvalue weighted by Crippen LogP contribution is 2.17. The lowest BCUT2D eigenvalue weighted by molar-refractivity contribution is -0.870. The van der Waals surface area contributed by atoms with Crippen molar-refractivity contribution in [1.82, 2.24) is 0 Å². The average molecular weight is 728 g/mol. The van der Waals surface area contributed by atoms with Gasteiger partial charge < -0.3 is 33.7 Å². The van der Waals surface area contributed by atoms with Crippen LogP contribution < -0.4 is 5.11 Å².